The van der Waals surface area contributed by atoms with Gasteiger partial charge in [0.05, 0.1) is 39.6 Å². The lowest BCUT2D eigenvalue weighted by atomic mass is 9.94. The van der Waals surface area contributed by atoms with Gasteiger partial charge in [0.25, 0.3) is 0 Å². The summed E-state index contributed by atoms with van der Waals surface area (Å²) in [6.45, 7) is 13.6. The van der Waals surface area contributed by atoms with Crippen LogP contribution in [0.5, 0.6) is 0 Å². The number of morpholine rings is 4. The standard InChI is InChI=1S/C45H51N4O4/c1(2-44(36-4-12-40(13-5-36)46-20-28-50-29-21-46)37-6-14-41(15-7-37)47-22-30-51-31-23-47)3-45(38-8-16-42(17-9-38)48-24-32-52-33-25-48)39-10-18-43(19-11-39)49-26-34-53-35-27-49/h1-19H,20-35H2/q+1. The minimum Gasteiger partial charge on any atom is -0.378 e. The summed E-state index contributed by atoms with van der Waals surface area (Å²) in [6, 6.07) is 27.1. The van der Waals surface area contributed by atoms with Crippen LogP contribution < -0.4 is 14.7 Å². The number of anilines is 3. The summed E-state index contributed by atoms with van der Waals surface area (Å²) >= 11 is 0. The van der Waals surface area contributed by atoms with Crippen LogP contribution in [0.25, 0.3) is 11.1 Å². The van der Waals surface area contributed by atoms with Crippen LogP contribution in [0, 0.1) is 0 Å². The Balaban J connectivity index is 1.13. The summed E-state index contributed by atoms with van der Waals surface area (Å²) in [5.74, 6) is 0. The fourth-order valence-corrected chi connectivity index (χ4v) is 7.65. The molecule has 274 valence electrons. The minimum atomic E-state index is 0.776. The Morgan fingerprint density at radius 2 is 0.868 bits per heavy atom. The first-order valence-electron chi connectivity index (χ1n) is 19.3. The van der Waals surface area contributed by atoms with E-state index in [0.717, 1.165) is 105 Å². The maximum Gasteiger partial charge on any atom is 0.200 e. The van der Waals surface area contributed by atoms with E-state index in [-0.39, 0.29) is 0 Å². The Bertz CT molecular complexity index is 1780. The molecule has 0 spiro atoms. The highest BCUT2D eigenvalue weighted by molar-refractivity contribution is 6.03. The third kappa shape index (κ3) is 8.74. The van der Waals surface area contributed by atoms with Crippen molar-refractivity contribution < 1.29 is 23.5 Å². The van der Waals surface area contributed by atoms with Gasteiger partial charge >= 0.3 is 0 Å². The summed E-state index contributed by atoms with van der Waals surface area (Å²) in [5, 5.41) is 0. The third-order valence-electron chi connectivity index (χ3n) is 10.7. The molecule has 4 aliphatic heterocycles. The Hall–Kier alpha value is -4.73. The number of hydrogen-bond acceptors (Lipinski definition) is 7. The second kappa shape index (κ2) is 17.4. The van der Waals surface area contributed by atoms with Crippen molar-refractivity contribution in [3.05, 3.63) is 138 Å². The van der Waals surface area contributed by atoms with Crippen molar-refractivity contribution in [1.82, 2.24) is 0 Å². The van der Waals surface area contributed by atoms with Gasteiger partial charge in [0.1, 0.15) is 13.2 Å². The predicted octanol–water partition coefficient (Wildman–Crippen LogP) is 6.25. The zero-order valence-corrected chi connectivity index (χ0v) is 30.7. The zero-order valence-electron chi connectivity index (χ0n) is 30.7. The van der Waals surface area contributed by atoms with Crippen LogP contribution in [-0.4, -0.2) is 116 Å². The highest BCUT2D eigenvalue weighted by Gasteiger charge is 2.18. The van der Waals surface area contributed by atoms with E-state index in [1.165, 1.54) is 56.2 Å². The fraction of sp³-hybridized carbons (Fsp3) is 0.356. The van der Waals surface area contributed by atoms with E-state index in [2.05, 4.69) is 135 Å². The molecular weight excluding hydrogens is 661 g/mol. The van der Waals surface area contributed by atoms with E-state index < -0.39 is 0 Å². The van der Waals surface area contributed by atoms with Crippen LogP contribution in [0.4, 0.5) is 17.1 Å². The van der Waals surface area contributed by atoms with Gasteiger partial charge in [0.15, 0.2) is 18.8 Å². The van der Waals surface area contributed by atoms with E-state index in [1.807, 2.05) is 0 Å². The average Bonchev–Trinajstić information content (AvgIpc) is 3.25. The molecule has 0 bridgehead atoms. The van der Waals surface area contributed by atoms with Gasteiger partial charge in [0.2, 0.25) is 0 Å². The summed E-state index contributed by atoms with van der Waals surface area (Å²) in [5.41, 5.74) is 12.1. The number of nitrogens with zero attached hydrogens (tertiary/aromatic N) is 4. The lowest BCUT2D eigenvalue weighted by Gasteiger charge is -2.29. The SMILES string of the molecule is C1=CC(=[N+]2CCOCC2)C=CC1=C(/C=C/C=C(c1ccc(N2CCOCC2)cc1)c1ccc(N2CCOCC2)cc1)c1ccc(N2CCOCC2)cc1. The first-order chi connectivity index (χ1) is 26.3. The van der Waals surface area contributed by atoms with Crippen LogP contribution >= 0.6 is 0 Å². The van der Waals surface area contributed by atoms with E-state index in [1.54, 1.807) is 0 Å². The molecule has 3 aromatic carbocycles. The second-order valence-corrected chi connectivity index (χ2v) is 13.9. The summed E-state index contributed by atoms with van der Waals surface area (Å²) < 4.78 is 24.8. The molecule has 0 atom stereocenters. The molecule has 0 amide bonds. The van der Waals surface area contributed by atoms with Crippen molar-refractivity contribution in [3.8, 4) is 0 Å². The van der Waals surface area contributed by atoms with Crippen molar-refractivity contribution >= 4 is 33.9 Å². The van der Waals surface area contributed by atoms with Crippen LogP contribution in [-0.2, 0) is 18.9 Å². The smallest absolute Gasteiger partial charge is 0.200 e. The quantitative estimate of drug-likeness (QED) is 0.203. The monoisotopic (exact) mass is 711 g/mol. The number of benzene rings is 3. The first kappa shape index (κ1) is 35.3. The van der Waals surface area contributed by atoms with E-state index in [4.69, 9.17) is 18.9 Å². The zero-order chi connectivity index (χ0) is 35.7. The van der Waals surface area contributed by atoms with Gasteiger partial charge in [-0.15, -0.1) is 0 Å². The number of hydrogen-bond donors (Lipinski definition) is 0. The molecule has 0 aromatic heterocycles. The molecule has 1 aliphatic carbocycles. The molecule has 8 rings (SSSR count). The molecule has 4 fully saturated rings. The lowest BCUT2D eigenvalue weighted by molar-refractivity contribution is -0.547. The van der Waals surface area contributed by atoms with Crippen molar-refractivity contribution in [2.24, 2.45) is 0 Å². The molecule has 0 N–H and O–H groups in total. The van der Waals surface area contributed by atoms with Gasteiger partial charge < -0.3 is 33.6 Å². The largest absolute Gasteiger partial charge is 0.378 e. The van der Waals surface area contributed by atoms with E-state index in [9.17, 15) is 0 Å². The van der Waals surface area contributed by atoms with Gasteiger partial charge in [0, 0.05) is 68.5 Å². The maximum atomic E-state index is 5.60. The maximum absolute atomic E-state index is 5.60. The molecule has 0 radical (unpaired) electrons. The first-order valence-corrected chi connectivity index (χ1v) is 19.3. The number of ether oxygens (including phenoxy) is 4. The van der Waals surface area contributed by atoms with Crippen LogP contribution in [0.3, 0.4) is 0 Å². The Labute approximate surface area is 314 Å². The van der Waals surface area contributed by atoms with Crippen molar-refractivity contribution in [2.45, 2.75) is 0 Å². The van der Waals surface area contributed by atoms with Crippen LogP contribution in [0.2, 0.25) is 0 Å². The van der Waals surface area contributed by atoms with Gasteiger partial charge in [-0.2, -0.15) is 0 Å². The van der Waals surface area contributed by atoms with Crippen molar-refractivity contribution in [1.29, 1.82) is 0 Å². The number of allylic oxidation sites excluding steroid dienone is 9. The molecule has 3 aromatic rings. The topological polar surface area (TPSA) is 49.7 Å². The Kier molecular flexibility index (Phi) is 11.6. The third-order valence-corrected chi connectivity index (χ3v) is 10.7. The molecule has 8 heteroatoms. The highest BCUT2D eigenvalue weighted by atomic mass is 16.5. The van der Waals surface area contributed by atoms with Crippen molar-refractivity contribution in [2.75, 3.05) is 120 Å². The molecule has 0 saturated carbocycles. The predicted molar refractivity (Wildman–Crippen MR) is 216 cm³/mol. The van der Waals surface area contributed by atoms with Crippen molar-refractivity contribution in [3.63, 3.8) is 0 Å². The van der Waals surface area contributed by atoms with Gasteiger partial charge in [-0.05, 0) is 82.0 Å². The summed E-state index contributed by atoms with van der Waals surface area (Å²) in [7, 11) is 0. The molecule has 0 unspecified atom stereocenters. The van der Waals surface area contributed by atoms with E-state index in [0.29, 0.717) is 0 Å². The summed E-state index contributed by atoms with van der Waals surface area (Å²) in [4.78, 5) is 7.22. The van der Waals surface area contributed by atoms with Gasteiger partial charge in [-0.1, -0.05) is 54.6 Å². The Morgan fingerprint density at radius 3 is 1.30 bits per heavy atom. The van der Waals surface area contributed by atoms with Crippen LogP contribution in [0.1, 0.15) is 16.7 Å². The summed E-state index contributed by atoms with van der Waals surface area (Å²) in [6.07, 6.45) is 15.8. The van der Waals surface area contributed by atoms with Crippen LogP contribution in [0.15, 0.2) is 121 Å². The average molecular weight is 712 g/mol. The normalized spacial score (nSPS) is 19.6. The molecule has 53 heavy (non-hydrogen) atoms. The second-order valence-electron chi connectivity index (χ2n) is 13.9. The van der Waals surface area contributed by atoms with Gasteiger partial charge in [-0.3, -0.25) is 0 Å². The fourth-order valence-electron chi connectivity index (χ4n) is 7.65. The number of rotatable bonds is 8. The molecule has 4 saturated heterocycles. The van der Waals surface area contributed by atoms with Gasteiger partial charge in [-0.25, -0.2) is 4.58 Å². The molecule has 8 nitrogen and oxygen atoms in total. The van der Waals surface area contributed by atoms with E-state index >= 15 is 0 Å². The molecule has 5 aliphatic rings. The molecular formula is C45H51N4O4+. The Morgan fingerprint density at radius 1 is 0.472 bits per heavy atom. The lowest BCUT2D eigenvalue weighted by Crippen LogP contribution is -2.36. The minimum absolute atomic E-state index is 0.776. The molecule has 4 heterocycles. The highest BCUT2D eigenvalue weighted by Crippen LogP contribution is 2.31.